The Balaban J connectivity index is 1.23. The van der Waals surface area contributed by atoms with Crippen molar-refractivity contribution in [2.24, 2.45) is 23.7 Å². The predicted molar refractivity (Wildman–Crippen MR) is 142 cm³/mol. The second-order valence-corrected chi connectivity index (χ2v) is 11.4. The van der Waals surface area contributed by atoms with Crippen molar-refractivity contribution in [2.75, 3.05) is 6.61 Å². The number of pyridine rings is 1. The number of ether oxygens (including phenoxy) is 1. The standard InChI is InChI=1S/C31H53NO/c1-3-5-6-7-8-24-33-31-23-22-30(32-25-31)21-20-29-18-16-28(17-19-29)15-14-27-12-10-26(9-4-2)11-13-27/h22-23,25-29H,3-21,24H2,1-2H3/t26-,27-,28-,29-. The van der Waals surface area contributed by atoms with Gasteiger partial charge in [-0.15, -0.1) is 0 Å². The summed E-state index contributed by atoms with van der Waals surface area (Å²) in [6.45, 7) is 5.44. The quantitative estimate of drug-likeness (QED) is 0.246. The van der Waals surface area contributed by atoms with Gasteiger partial charge in [-0.05, 0) is 55.1 Å². The molecule has 0 unspecified atom stereocenters. The smallest absolute Gasteiger partial charge is 0.137 e. The molecule has 33 heavy (non-hydrogen) atoms. The molecule has 188 valence electrons. The van der Waals surface area contributed by atoms with Gasteiger partial charge in [0.1, 0.15) is 5.75 Å². The second-order valence-electron chi connectivity index (χ2n) is 11.4. The molecule has 0 atom stereocenters. The van der Waals surface area contributed by atoms with E-state index in [4.69, 9.17) is 4.74 Å². The van der Waals surface area contributed by atoms with Crippen LogP contribution in [0.4, 0.5) is 0 Å². The third kappa shape index (κ3) is 10.4. The largest absolute Gasteiger partial charge is 0.492 e. The van der Waals surface area contributed by atoms with Gasteiger partial charge in [0.15, 0.2) is 0 Å². The van der Waals surface area contributed by atoms with E-state index in [1.807, 2.05) is 6.20 Å². The first-order chi connectivity index (χ1) is 16.3. The topological polar surface area (TPSA) is 22.1 Å². The summed E-state index contributed by atoms with van der Waals surface area (Å²) < 4.78 is 5.87. The number of nitrogens with zero attached hydrogens (tertiary/aromatic N) is 1. The van der Waals surface area contributed by atoms with E-state index in [0.29, 0.717) is 0 Å². The molecule has 0 aliphatic heterocycles. The molecular formula is C31H53NO. The minimum Gasteiger partial charge on any atom is -0.492 e. The number of aryl methyl sites for hydroxylation is 1. The molecule has 0 radical (unpaired) electrons. The maximum Gasteiger partial charge on any atom is 0.137 e. The van der Waals surface area contributed by atoms with Crippen LogP contribution in [0, 0.1) is 23.7 Å². The van der Waals surface area contributed by atoms with Gasteiger partial charge >= 0.3 is 0 Å². The molecule has 0 saturated heterocycles. The Labute approximate surface area is 205 Å². The second kappa shape index (κ2) is 15.8. The zero-order valence-corrected chi connectivity index (χ0v) is 22.0. The van der Waals surface area contributed by atoms with E-state index < -0.39 is 0 Å². The van der Waals surface area contributed by atoms with E-state index in [-0.39, 0.29) is 0 Å². The summed E-state index contributed by atoms with van der Waals surface area (Å²) in [7, 11) is 0. The lowest BCUT2D eigenvalue weighted by Gasteiger charge is -2.32. The third-order valence-corrected chi connectivity index (χ3v) is 8.74. The average Bonchev–Trinajstić information content (AvgIpc) is 2.86. The van der Waals surface area contributed by atoms with Crippen LogP contribution in [0.15, 0.2) is 18.3 Å². The Morgan fingerprint density at radius 3 is 1.79 bits per heavy atom. The first-order valence-corrected chi connectivity index (χ1v) is 14.8. The summed E-state index contributed by atoms with van der Waals surface area (Å²) in [5.41, 5.74) is 1.24. The van der Waals surface area contributed by atoms with E-state index in [1.54, 1.807) is 0 Å². The Kier molecular flexibility index (Phi) is 12.7. The van der Waals surface area contributed by atoms with Crippen LogP contribution in [0.5, 0.6) is 5.75 Å². The lowest BCUT2D eigenvalue weighted by atomic mass is 9.74. The first-order valence-electron chi connectivity index (χ1n) is 14.8. The molecule has 2 aliphatic rings. The summed E-state index contributed by atoms with van der Waals surface area (Å²) >= 11 is 0. The van der Waals surface area contributed by atoms with Crippen molar-refractivity contribution in [3.05, 3.63) is 24.0 Å². The molecule has 2 fully saturated rings. The normalized spacial score (nSPS) is 25.8. The van der Waals surface area contributed by atoms with E-state index in [9.17, 15) is 0 Å². The number of rotatable bonds is 15. The molecule has 2 nitrogen and oxygen atoms in total. The number of aromatic nitrogens is 1. The molecule has 1 heterocycles. The van der Waals surface area contributed by atoms with Gasteiger partial charge in [0, 0.05) is 5.69 Å². The van der Waals surface area contributed by atoms with Crippen LogP contribution >= 0.6 is 0 Å². The first kappa shape index (κ1) is 26.6. The molecule has 3 rings (SSSR count). The minimum absolute atomic E-state index is 0.827. The van der Waals surface area contributed by atoms with Gasteiger partial charge in [0.25, 0.3) is 0 Å². The minimum atomic E-state index is 0.827. The van der Waals surface area contributed by atoms with E-state index >= 15 is 0 Å². The van der Waals surface area contributed by atoms with Gasteiger partial charge in [-0.25, -0.2) is 0 Å². The van der Waals surface area contributed by atoms with Crippen molar-refractivity contribution >= 4 is 0 Å². The van der Waals surface area contributed by atoms with Crippen molar-refractivity contribution in [1.82, 2.24) is 4.98 Å². The van der Waals surface area contributed by atoms with Gasteiger partial charge in [-0.1, -0.05) is 117 Å². The predicted octanol–water partition coefficient (Wildman–Crippen LogP) is 9.56. The molecule has 0 N–H and O–H groups in total. The molecule has 1 aromatic rings. The highest BCUT2D eigenvalue weighted by atomic mass is 16.5. The van der Waals surface area contributed by atoms with Gasteiger partial charge in [0.05, 0.1) is 12.8 Å². The summed E-state index contributed by atoms with van der Waals surface area (Å²) in [6, 6.07) is 4.31. The summed E-state index contributed by atoms with van der Waals surface area (Å²) in [5, 5.41) is 0. The Bertz CT molecular complexity index is 596. The van der Waals surface area contributed by atoms with E-state index in [1.165, 1.54) is 115 Å². The highest BCUT2D eigenvalue weighted by Gasteiger charge is 2.24. The van der Waals surface area contributed by atoms with Crippen molar-refractivity contribution in [3.8, 4) is 5.75 Å². The van der Waals surface area contributed by atoms with Crippen LogP contribution in [0.1, 0.15) is 135 Å². The lowest BCUT2D eigenvalue weighted by Crippen LogP contribution is -2.18. The van der Waals surface area contributed by atoms with E-state index in [0.717, 1.165) is 48.9 Å². The molecule has 2 heteroatoms. The van der Waals surface area contributed by atoms with Crippen LogP contribution in [-0.2, 0) is 6.42 Å². The Morgan fingerprint density at radius 1 is 0.667 bits per heavy atom. The number of unbranched alkanes of at least 4 members (excludes halogenated alkanes) is 4. The zero-order chi connectivity index (χ0) is 23.1. The van der Waals surface area contributed by atoms with Crippen LogP contribution in [0.25, 0.3) is 0 Å². The molecule has 0 aromatic carbocycles. The SMILES string of the molecule is CCCCCCCOc1ccc(CC[C@H]2CC[C@H](CC[C@H]3CC[C@H](CCC)CC3)CC2)nc1. The summed E-state index contributed by atoms with van der Waals surface area (Å²) in [6.07, 6.45) is 28.6. The lowest BCUT2D eigenvalue weighted by molar-refractivity contribution is 0.209. The molecule has 2 aliphatic carbocycles. The number of hydrogen-bond acceptors (Lipinski definition) is 2. The van der Waals surface area contributed by atoms with Gasteiger partial charge in [-0.2, -0.15) is 0 Å². The highest BCUT2D eigenvalue weighted by molar-refractivity contribution is 5.19. The van der Waals surface area contributed by atoms with Crippen molar-refractivity contribution in [2.45, 2.75) is 136 Å². The summed E-state index contributed by atoms with van der Waals surface area (Å²) in [4.78, 5) is 4.68. The van der Waals surface area contributed by atoms with Crippen molar-refractivity contribution in [3.63, 3.8) is 0 Å². The van der Waals surface area contributed by atoms with Crippen LogP contribution in [0.3, 0.4) is 0 Å². The van der Waals surface area contributed by atoms with Gasteiger partial charge in [0.2, 0.25) is 0 Å². The summed E-state index contributed by atoms with van der Waals surface area (Å²) in [5.74, 6) is 4.99. The fourth-order valence-electron chi connectivity index (χ4n) is 6.39. The molecule has 2 saturated carbocycles. The zero-order valence-electron chi connectivity index (χ0n) is 22.0. The average molecular weight is 456 g/mol. The Hall–Kier alpha value is -1.05. The highest BCUT2D eigenvalue weighted by Crippen LogP contribution is 2.38. The molecular weight excluding hydrogens is 402 g/mol. The van der Waals surface area contributed by atoms with Crippen LogP contribution in [0.2, 0.25) is 0 Å². The molecule has 0 spiro atoms. The maximum absolute atomic E-state index is 5.87. The molecule has 0 amide bonds. The number of hydrogen-bond donors (Lipinski definition) is 0. The Morgan fingerprint density at radius 2 is 1.24 bits per heavy atom. The van der Waals surface area contributed by atoms with Crippen molar-refractivity contribution in [1.29, 1.82) is 0 Å². The van der Waals surface area contributed by atoms with Gasteiger partial charge < -0.3 is 4.74 Å². The van der Waals surface area contributed by atoms with Crippen molar-refractivity contribution < 1.29 is 4.74 Å². The van der Waals surface area contributed by atoms with Gasteiger partial charge in [-0.3, -0.25) is 4.98 Å². The molecule has 1 aromatic heterocycles. The third-order valence-electron chi connectivity index (χ3n) is 8.74. The van der Waals surface area contributed by atoms with Crippen LogP contribution in [-0.4, -0.2) is 11.6 Å². The molecule has 0 bridgehead atoms. The van der Waals surface area contributed by atoms with E-state index in [2.05, 4.69) is 31.0 Å². The monoisotopic (exact) mass is 455 g/mol. The fourth-order valence-corrected chi connectivity index (χ4v) is 6.39. The maximum atomic E-state index is 5.87. The fraction of sp³-hybridized carbons (Fsp3) is 0.839. The van der Waals surface area contributed by atoms with Crippen LogP contribution < -0.4 is 4.74 Å².